The van der Waals surface area contributed by atoms with Crippen LogP contribution in [-0.2, 0) is 13.0 Å². The van der Waals surface area contributed by atoms with Gasteiger partial charge in [0.15, 0.2) is 17.2 Å². The van der Waals surface area contributed by atoms with E-state index in [1.54, 1.807) is 30.3 Å². The number of anilines is 1. The molecule has 3 N–H and O–H groups in total. The molecule has 0 aliphatic heterocycles. The third-order valence-electron chi connectivity index (χ3n) is 3.08. The first-order chi connectivity index (χ1) is 10.2. The predicted molar refractivity (Wildman–Crippen MR) is 77.9 cm³/mol. The van der Waals surface area contributed by atoms with E-state index in [0.717, 1.165) is 6.42 Å². The SMILES string of the molecule is CCc1nc2cc(NC(=O)c3ccc(CN)o3)ccc2o1. The molecular weight excluding hydrogens is 270 g/mol. The van der Waals surface area contributed by atoms with E-state index >= 15 is 0 Å². The van der Waals surface area contributed by atoms with Crippen molar-refractivity contribution in [3.63, 3.8) is 0 Å². The van der Waals surface area contributed by atoms with Gasteiger partial charge in [0, 0.05) is 12.1 Å². The molecule has 0 aliphatic carbocycles. The van der Waals surface area contributed by atoms with Gasteiger partial charge in [-0.1, -0.05) is 6.92 Å². The first-order valence-electron chi connectivity index (χ1n) is 6.69. The number of nitrogens with one attached hydrogen (secondary N) is 1. The lowest BCUT2D eigenvalue weighted by atomic mass is 10.3. The fourth-order valence-electron chi connectivity index (χ4n) is 2.01. The summed E-state index contributed by atoms with van der Waals surface area (Å²) in [4.78, 5) is 16.4. The quantitative estimate of drug-likeness (QED) is 0.768. The highest BCUT2D eigenvalue weighted by Crippen LogP contribution is 2.21. The average molecular weight is 285 g/mol. The molecule has 0 radical (unpaired) electrons. The van der Waals surface area contributed by atoms with Crippen LogP contribution in [0.1, 0.15) is 29.1 Å². The van der Waals surface area contributed by atoms with Crippen molar-refractivity contribution < 1.29 is 13.6 Å². The number of furan rings is 1. The standard InChI is InChI=1S/C15H15N3O3/c1-2-14-18-11-7-9(3-5-12(11)21-14)17-15(19)13-6-4-10(8-16)20-13/h3-7H,2,8,16H2,1H3,(H,17,19). The number of nitrogens with two attached hydrogens (primary N) is 1. The fourth-order valence-corrected chi connectivity index (χ4v) is 2.01. The van der Waals surface area contributed by atoms with Crippen LogP contribution in [0, 0.1) is 0 Å². The Morgan fingerprint density at radius 2 is 2.14 bits per heavy atom. The van der Waals surface area contributed by atoms with Crippen molar-refractivity contribution in [2.45, 2.75) is 19.9 Å². The van der Waals surface area contributed by atoms with Crippen molar-refractivity contribution >= 4 is 22.7 Å². The molecule has 1 aromatic carbocycles. The van der Waals surface area contributed by atoms with E-state index in [2.05, 4.69) is 10.3 Å². The zero-order valence-corrected chi connectivity index (χ0v) is 11.6. The number of carbonyl (C=O) groups is 1. The van der Waals surface area contributed by atoms with Gasteiger partial charge in [-0.25, -0.2) is 4.98 Å². The maximum atomic E-state index is 12.1. The number of oxazole rings is 1. The van der Waals surface area contributed by atoms with Gasteiger partial charge in [0.2, 0.25) is 0 Å². The minimum Gasteiger partial charge on any atom is -0.455 e. The van der Waals surface area contributed by atoms with Gasteiger partial charge in [-0.15, -0.1) is 0 Å². The van der Waals surface area contributed by atoms with Crippen molar-refractivity contribution in [1.29, 1.82) is 0 Å². The zero-order chi connectivity index (χ0) is 14.8. The van der Waals surface area contributed by atoms with Gasteiger partial charge in [0.25, 0.3) is 5.91 Å². The Morgan fingerprint density at radius 1 is 1.29 bits per heavy atom. The van der Waals surface area contributed by atoms with Crippen LogP contribution in [0.5, 0.6) is 0 Å². The summed E-state index contributed by atoms with van der Waals surface area (Å²) in [6.07, 6.45) is 0.727. The highest BCUT2D eigenvalue weighted by molar-refractivity contribution is 6.03. The predicted octanol–water partition coefficient (Wildman–Crippen LogP) is 2.69. The summed E-state index contributed by atoms with van der Waals surface area (Å²) in [6.45, 7) is 2.23. The van der Waals surface area contributed by atoms with E-state index in [9.17, 15) is 4.79 Å². The van der Waals surface area contributed by atoms with Crippen LogP contribution >= 0.6 is 0 Å². The van der Waals surface area contributed by atoms with Gasteiger partial charge in [0.05, 0.1) is 6.54 Å². The summed E-state index contributed by atoms with van der Waals surface area (Å²) in [5, 5.41) is 2.76. The molecule has 108 valence electrons. The molecule has 6 heteroatoms. The fraction of sp³-hybridized carbons (Fsp3) is 0.200. The topological polar surface area (TPSA) is 94.3 Å². The van der Waals surface area contributed by atoms with Gasteiger partial charge in [-0.05, 0) is 30.3 Å². The number of hydrogen-bond acceptors (Lipinski definition) is 5. The number of hydrogen-bond donors (Lipinski definition) is 2. The molecule has 0 atom stereocenters. The van der Waals surface area contributed by atoms with E-state index in [1.807, 2.05) is 6.92 Å². The number of carbonyl (C=O) groups excluding carboxylic acids is 1. The molecule has 2 heterocycles. The van der Waals surface area contributed by atoms with E-state index in [1.165, 1.54) is 0 Å². The first kappa shape index (κ1) is 13.4. The summed E-state index contributed by atoms with van der Waals surface area (Å²) in [7, 11) is 0. The summed E-state index contributed by atoms with van der Waals surface area (Å²) in [5.41, 5.74) is 7.50. The number of fused-ring (bicyclic) bond motifs is 1. The van der Waals surface area contributed by atoms with Crippen molar-refractivity contribution in [3.8, 4) is 0 Å². The first-order valence-corrected chi connectivity index (χ1v) is 6.69. The van der Waals surface area contributed by atoms with Gasteiger partial charge >= 0.3 is 0 Å². The Bertz CT molecular complexity index is 788. The second-order valence-electron chi connectivity index (χ2n) is 4.57. The molecule has 0 saturated heterocycles. The number of nitrogens with zero attached hydrogens (tertiary/aromatic N) is 1. The molecule has 0 spiro atoms. The second-order valence-corrected chi connectivity index (χ2v) is 4.57. The summed E-state index contributed by atoms with van der Waals surface area (Å²) < 4.78 is 10.8. The molecule has 0 saturated carbocycles. The molecule has 21 heavy (non-hydrogen) atoms. The molecule has 2 aromatic heterocycles. The Morgan fingerprint density at radius 3 is 2.86 bits per heavy atom. The van der Waals surface area contributed by atoms with Gasteiger partial charge in [0.1, 0.15) is 11.3 Å². The molecule has 0 bridgehead atoms. The van der Waals surface area contributed by atoms with Crippen molar-refractivity contribution in [2.75, 3.05) is 5.32 Å². The van der Waals surface area contributed by atoms with Gasteiger partial charge in [-0.3, -0.25) is 4.79 Å². The number of benzene rings is 1. The highest BCUT2D eigenvalue weighted by Gasteiger charge is 2.12. The number of amides is 1. The minimum atomic E-state index is -0.326. The van der Waals surface area contributed by atoms with Crippen molar-refractivity contribution in [2.24, 2.45) is 5.73 Å². The lowest BCUT2D eigenvalue weighted by Gasteiger charge is -2.02. The smallest absolute Gasteiger partial charge is 0.291 e. The van der Waals surface area contributed by atoms with E-state index in [0.29, 0.717) is 28.4 Å². The van der Waals surface area contributed by atoms with E-state index in [-0.39, 0.29) is 18.2 Å². The molecule has 0 aliphatic rings. The molecule has 3 rings (SSSR count). The van der Waals surface area contributed by atoms with Crippen molar-refractivity contribution in [1.82, 2.24) is 4.98 Å². The Labute approximate surface area is 120 Å². The summed E-state index contributed by atoms with van der Waals surface area (Å²) >= 11 is 0. The molecule has 3 aromatic rings. The second kappa shape index (κ2) is 5.41. The average Bonchev–Trinajstić information content (AvgIpc) is 3.12. The normalized spacial score (nSPS) is 11.0. The molecular formula is C15H15N3O3. The molecule has 0 fully saturated rings. The third-order valence-corrected chi connectivity index (χ3v) is 3.08. The molecule has 0 unspecified atom stereocenters. The molecule has 1 amide bonds. The summed E-state index contributed by atoms with van der Waals surface area (Å²) in [5.74, 6) is 1.14. The van der Waals surface area contributed by atoms with E-state index < -0.39 is 0 Å². The minimum absolute atomic E-state index is 0.227. The summed E-state index contributed by atoms with van der Waals surface area (Å²) in [6, 6.07) is 8.59. The lowest BCUT2D eigenvalue weighted by Crippen LogP contribution is -2.10. The number of rotatable bonds is 4. The van der Waals surface area contributed by atoms with Gasteiger partial charge < -0.3 is 19.9 Å². The van der Waals surface area contributed by atoms with Crippen LogP contribution in [0.15, 0.2) is 39.2 Å². The van der Waals surface area contributed by atoms with E-state index in [4.69, 9.17) is 14.6 Å². The van der Waals surface area contributed by atoms with Crippen LogP contribution < -0.4 is 11.1 Å². The lowest BCUT2D eigenvalue weighted by molar-refractivity contribution is 0.0995. The van der Waals surface area contributed by atoms with Crippen LogP contribution in [-0.4, -0.2) is 10.9 Å². The maximum Gasteiger partial charge on any atom is 0.291 e. The van der Waals surface area contributed by atoms with Crippen LogP contribution in [0.4, 0.5) is 5.69 Å². The maximum absolute atomic E-state index is 12.1. The highest BCUT2D eigenvalue weighted by atomic mass is 16.4. The number of aromatic nitrogens is 1. The largest absolute Gasteiger partial charge is 0.455 e. The van der Waals surface area contributed by atoms with Gasteiger partial charge in [-0.2, -0.15) is 0 Å². The Kier molecular flexibility index (Phi) is 3.45. The third kappa shape index (κ3) is 2.66. The van der Waals surface area contributed by atoms with Crippen LogP contribution in [0.25, 0.3) is 11.1 Å². The number of aryl methyl sites for hydroxylation is 1. The van der Waals surface area contributed by atoms with Crippen LogP contribution in [0.2, 0.25) is 0 Å². The molecule has 6 nitrogen and oxygen atoms in total. The monoisotopic (exact) mass is 285 g/mol. The Hall–Kier alpha value is -2.60. The Balaban J connectivity index is 1.81. The van der Waals surface area contributed by atoms with Crippen molar-refractivity contribution in [3.05, 3.63) is 47.7 Å². The zero-order valence-electron chi connectivity index (χ0n) is 11.6. The van der Waals surface area contributed by atoms with Crippen LogP contribution in [0.3, 0.4) is 0 Å².